The smallest absolute Gasteiger partial charge is 0.151 e. The molecule has 0 fully saturated rings. The summed E-state index contributed by atoms with van der Waals surface area (Å²) in [5.74, 6) is 0.839. The molecular formula is C10H11ClN4. The Kier molecular flexibility index (Phi) is 2.99. The highest BCUT2D eigenvalue weighted by atomic mass is 35.5. The highest BCUT2D eigenvalue weighted by Crippen LogP contribution is 2.20. The van der Waals surface area contributed by atoms with E-state index in [-0.39, 0.29) is 0 Å². The molecule has 0 saturated carbocycles. The summed E-state index contributed by atoms with van der Waals surface area (Å²) in [5, 5.41) is 11.6. The fraction of sp³-hybridized carbons (Fsp3) is 0.200. The lowest BCUT2D eigenvalue weighted by molar-refractivity contribution is 0.737. The summed E-state index contributed by atoms with van der Waals surface area (Å²) in [5.41, 5.74) is 0.898. The van der Waals surface area contributed by atoms with Crippen LogP contribution in [0, 0.1) is 0 Å². The Morgan fingerprint density at radius 1 is 1.40 bits per heavy atom. The summed E-state index contributed by atoms with van der Waals surface area (Å²) < 4.78 is 1.87. The summed E-state index contributed by atoms with van der Waals surface area (Å²) in [6.07, 6.45) is 1.66. The molecule has 0 aliphatic rings. The Hall–Kier alpha value is -1.39. The molecule has 0 saturated heterocycles. The van der Waals surface area contributed by atoms with Crippen molar-refractivity contribution in [2.45, 2.75) is 6.54 Å². The van der Waals surface area contributed by atoms with Crippen LogP contribution in [0.4, 0.5) is 0 Å². The molecule has 0 aliphatic heterocycles. The number of hydrogen-bond donors (Lipinski definition) is 1. The second-order valence-electron chi connectivity index (χ2n) is 3.10. The van der Waals surface area contributed by atoms with E-state index < -0.39 is 0 Å². The molecule has 5 heteroatoms. The highest BCUT2D eigenvalue weighted by Gasteiger charge is 2.07. The maximum Gasteiger partial charge on any atom is 0.151 e. The predicted molar refractivity (Wildman–Crippen MR) is 59.1 cm³/mol. The van der Waals surface area contributed by atoms with Gasteiger partial charge in [-0.2, -0.15) is 0 Å². The van der Waals surface area contributed by atoms with Crippen molar-refractivity contribution >= 4 is 11.6 Å². The molecule has 78 valence electrons. The molecule has 1 N–H and O–H groups in total. The minimum absolute atomic E-state index is 0.658. The average molecular weight is 223 g/mol. The number of benzene rings is 1. The lowest BCUT2D eigenvalue weighted by Gasteiger charge is -2.07. The van der Waals surface area contributed by atoms with Gasteiger partial charge in [0.05, 0.1) is 17.3 Å². The average Bonchev–Trinajstić information content (AvgIpc) is 2.67. The van der Waals surface area contributed by atoms with E-state index >= 15 is 0 Å². The normalized spacial score (nSPS) is 10.5. The molecule has 1 heterocycles. The van der Waals surface area contributed by atoms with Crippen LogP contribution in [0.15, 0.2) is 30.6 Å². The first-order valence-electron chi connectivity index (χ1n) is 4.61. The first kappa shape index (κ1) is 10.1. The number of nitrogens with zero attached hydrogens (tertiary/aromatic N) is 3. The maximum atomic E-state index is 6.09. The van der Waals surface area contributed by atoms with Crippen molar-refractivity contribution in [1.82, 2.24) is 20.1 Å². The van der Waals surface area contributed by atoms with Crippen LogP contribution in [0.5, 0.6) is 0 Å². The third-order valence-electron chi connectivity index (χ3n) is 2.07. The minimum atomic E-state index is 0.658. The van der Waals surface area contributed by atoms with E-state index in [4.69, 9.17) is 11.6 Å². The third-order valence-corrected chi connectivity index (χ3v) is 2.38. The van der Waals surface area contributed by atoms with E-state index in [1.54, 1.807) is 6.33 Å². The van der Waals surface area contributed by atoms with Crippen LogP contribution in [-0.2, 0) is 6.54 Å². The Balaban J connectivity index is 2.45. The molecule has 15 heavy (non-hydrogen) atoms. The van der Waals surface area contributed by atoms with Crippen LogP contribution in [0.1, 0.15) is 5.82 Å². The van der Waals surface area contributed by atoms with Crippen LogP contribution in [0.3, 0.4) is 0 Å². The lowest BCUT2D eigenvalue weighted by Crippen LogP contribution is -2.11. The fourth-order valence-electron chi connectivity index (χ4n) is 1.39. The third kappa shape index (κ3) is 2.00. The molecule has 0 bridgehead atoms. The SMILES string of the molecule is CNCc1nncn1-c1ccccc1Cl. The van der Waals surface area contributed by atoms with Crippen molar-refractivity contribution in [1.29, 1.82) is 0 Å². The quantitative estimate of drug-likeness (QED) is 0.859. The largest absolute Gasteiger partial charge is 0.313 e. The van der Waals surface area contributed by atoms with Crippen molar-refractivity contribution < 1.29 is 0 Å². The van der Waals surface area contributed by atoms with Crippen LogP contribution < -0.4 is 5.32 Å². The van der Waals surface area contributed by atoms with E-state index in [0.717, 1.165) is 11.5 Å². The summed E-state index contributed by atoms with van der Waals surface area (Å²) in [7, 11) is 1.87. The number of nitrogens with one attached hydrogen (secondary N) is 1. The van der Waals surface area contributed by atoms with Crippen molar-refractivity contribution in [2.24, 2.45) is 0 Å². The van der Waals surface area contributed by atoms with Gasteiger partial charge in [0.25, 0.3) is 0 Å². The van der Waals surface area contributed by atoms with Gasteiger partial charge in [0.1, 0.15) is 6.33 Å². The van der Waals surface area contributed by atoms with Crippen LogP contribution >= 0.6 is 11.6 Å². The molecule has 2 aromatic rings. The molecule has 0 atom stereocenters. The van der Waals surface area contributed by atoms with E-state index in [1.807, 2.05) is 35.9 Å². The lowest BCUT2D eigenvalue weighted by atomic mass is 10.3. The Labute approximate surface area is 92.9 Å². The van der Waals surface area contributed by atoms with Gasteiger partial charge in [-0.05, 0) is 19.2 Å². The van der Waals surface area contributed by atoms with Gasteiger partial charge >= 0.3 is 0 Å². The molecule has 0 amide bonds. The van der Waals surface area contributed by atoms with Gasteiger partial charge < -0.3 is 5.32 Å². The summed E-state index contributed by atoms with van der Waals surface area (Å²) in [4.78, 5) is 0. The summed E-state index contributed by atoms with van der Waals surface area (Å²) in [6, 6.07) is 7.61. The van der Waals surface area contributed by atoms with Gasteiger partial charge in [0.2, 0.25) is 0 Å². The zero-order valence-electron chi connectivity index (χ0n) is 8.31. The van der Waals surface area contributed by atoms with E-state index in [1.165, 1.54) is 0 Å². The number of rotatable bonds is 3. The van der Waals surface area contributed by atoms with Gasteiger partial charge in [-0.25, -0.2) is 0 Å². The van der Waals surface area contributed by atoms with Crippen molar-refractivity contribution in [3.05, 3.63) is 41.4 Å². The predicted octanol–water partition coefficient (Wildman–Crippen LogP) is 1.64. The number of aromatic nitrogens is 3. The molecule has 0 aliphatic carbocycles. The number of hydrogen-bond acceptors (Lipinski definition) is 3. The Bertz CT molecular complexity index is 452. The molecule has 0 unspecified atom stereocenters. The molecule has 0 radical (unpaired) electrons. The molecular weight excluding hydrogens is 212 g/mol. The molecule has 2 rings (SSSR count). The van der Waals surface area contributed by atoms with Crippen molar-refractivity contribution in [3.8, 4) is 5.69 Å². The molecule has 1 aromatic carbocycles. The van der Waals surface area contributed by atoms with Crippen LogP contribution in [0.2, 0.25) is 5.02 Å². The first-order valence-corrected chi connectivity index (χ1v) is 4.99. The van der Waals surface area contributed by atoms with Gasteiger partial charge in [-0.15, -0.1) is 10.2 Å². The molecule has 4 nitrogen and oxygen atoms in total. The van der Waals surface area contributed by atoms with Crippen LogP contribution in [0.25, 0.3) is 5.69 Å². The fourth-order valence-corrected chi connectivity index (χ4v) is 1.61. The second kappa shape index (κ2) is 4.42. The van der Waals surface area contributed by atoms with Crippen molar-refractivity contribution in [3.63, 3.8) is 0 Å². The number of para-hydroxylation sites is 1. The second-order valence-corrected chi connectivity index (χ2v) is 3.51. The Morgan fingerprint density at radius 3 is 2.93 bits per heavy atom. The van der Waals surface area contributed by atoms with E-state index in [2.05, 4.69) is 15.5 Å². The summed E-state index contributed by atoms with van der Waals surface area (Å²) in [6.45, 7) is 0.658. The van der Waals surface area contributed by atoms with E-state index in [9.17, 15) is 0 Å². The van der Waals surface area contributed by atoms with Gasteiger partial charge in [-0.1, -0.05) is 23.7 Å². The van der Waals surface area contributed by atoms with Gasteiger partial charge in [0, 0.05) is 0 Å². The van der Waals surface area contributed by atoms with Gasteiger partial charge in [-0.3, -0.25) is 4.57 Å². The monoisotopic (exact) mass is 222 g/mol. The minimum Gasteiger partial charge on any atom is -0.313 e. The van der Waals surface area contributed by atoms with Gasteiger partial charge in [0.15, 0.2) is 5.82 Å². The molecule has 1 aromatic heterocycles. The summed E-state index contributed by atoms with van der Waals surface area (Å²) >= 11 is 6.09. The topological polar surface area (TPSA) is 42.7 Å². The first-order chi connectivity index (χ1) is 7.33. The Morgan fingerprint density at radius 2 is 2.20 bits per heavy atom. The van der Waals surface area contributed by atoms with Crippen molar-refractivity contribution in [2.75, 3.05) is 7.05 Å². The standard InChI is InChI=1S/C10H11ClN4/c1-12-6-10-14-13-7-15(10)9-5-3-2-4-8(9)11/h2-5,7,12H,6H2,1H3. The number of halogens is 1. The zero-order chi connectivity index (χ0) is 10.7. The zero-order valence-corrected chi connectivity index (χ0v) is 9.07. The van der Waals surface area contributed by atoms with E-state index in [0.29, 0.717) is 11.6 Å². The molecule has 0 spiro atoms. The van der Waals surface area contributed by atoms with Crippen LogP contribution in [-0.4, -0.2) is 21.8 Å². The maximum absolute atomic E-state index is 6.09. The highest BCUT2D eigenvalue weighted by molar-refractivity contribution is 6.32.